The van der Waals surface area contributed by atoms with Crippen molar-refractivity contribution in [1.29, 1.82) is 0 Å². The Bertz CT molecular complexity index is 1270. The SMILES string of the molecule is NC1(C#Cc2ccc3c(c2)CCN2C3=CC(OCC3COc4ncccc4O3)=NC2O)CCCCC1. The Balaban J connectivity index is 1.17. The molecule has 0 saturated heterocycles. The average molecular weight is 487 g/mol. The second-order valence-corrected chi connectivity index (χ2v) is 9.79. The third kappa shape index (κ3) is 4.64. The van der Waals surface area contributed by atoms with Crippen LogP contribution in [0.3, 0.4) is 0 Å². The van der Waals surface area contributed by atoms with Gasteiger partial charge in [0.15, 0.2) is 11.9 Å². The standard InChI is InChI=1S/C28H30N4O4/c29-28(10-2-1-3-11-28)12-8-19-6-7-22-20(15-19)9-14-32-23(22)16-25(31-27(32)33)34-17-21-18-35-26-24(36-21)5-4-13-30-26/h4-7,13,15-16,21,27,33H,1-3,9-11,14,17-18,29H2. The molecule has 1 aliphatic carbocycles. The number of aromatic nitrogens is 1. The van der Waals surface area contributed by atoms with Crippen LogP contribution in [0.25, 0.3) is 5.70 Å². The molecule has 2 unspecified atom stereocenters. The first-order valence-electron chi connectivity index (χ1n) is 12.6. The summed E-state index contributed by atoms with van der Waals surface area (Å²) in [5.41, 5.74) is 10.3. The van der Waals surface area contributed by atoms with Gasteiger partial charge in [0.25, 0.3) is 5.88 Å². The van der Waals surface area contributed by atoms with Crippen LogP contribution in [-0.4, -0.2) is 58.6 Å². The van der Waals surface area contributed by atoms with E-state index in [1.165, 1.54) is 12.0 Å². The molecule has 6 rings (SSSR count). The molecule has 1 aromatic carbocycles. The number of nitrogens with zero attached hydrogens (tertiary/aromatic N) is 3. The van der Waals surface area contributed by atoms with E-state index >= 15 is 0 Å². The lowest BCUT2D eigenvalue weighted by Crippen LogP contribution is -2.41. The Morgan fingerprint density at radius 1 is 1.22 bits per heavy atom. The van der Waals surface area contributed by atoms with Crippen LogP contribution in [0.5, 0.6) is 11.6 Å². The molecule has 4 heterocycles. The number of rotatable bonds is 2. The van der Waals surface area contributed by atoms with Crippen molar-refractivity contribution in [3.63, 3.8) is 0 Å². The molecule has 2 atom stereocenters. The van der Waals surface area contributed by atoms with Gasteiger partial charge in [-0.3, -0.25) is 0 Å². The molecular formula is C28H30N4O4. The Hall–Kier alpha value is -3.54. The zero-order valence-corrected chi connectivity index (χ0v) is 20.2. The van der Waals surface area contributed by atoms with Crippen molar-refractivity contribution >= 4 is 11.6 Å². The Labute approximate surface area is 210 Å². The van der Waals surface area contributed by atoms with E-state index in [0.717, 1.165) is 48.9 Å². The summed E-state index contributed by atoms with van der Waals surface area (Å²) in [6, 6.07) is 9.85. The Morgan fingerprint density at radius 3 is 3.00 bits per heavy atom. The van der Waals surface area contributed by atoms with E-state index in [0.29, 0.717) is 30.7 Å². The normalized spacial score (nSPS) is 23.8. The second kappa shape index (κ2) is 9.49. The zero-order valence-electron chi connectivity index (χ0n) is 20.2. The van der Waals surface area contributed by atoms with Crippen LogP contribution in [0.2, 0.25) is 0 Å². The average Bonchev–Trinajstić information content (AvgIpc) is 2.91. The molecule has 0 bridgehead atoms. The van der Waals surface area contributed by atoms with Gasteiger partial charge in [0.1, 0.15) is 13.2 Å². The maximum absolute atomic E-state index is 10.7. The number of hydrogen-bond donors (Lipinski definition) is 2. The fourth-order valence-corrected chi connectivity index (χ4v) is 5.19. The van der Waals surface area contributed by atoms with Crippen LogP contribution < -0.4 is 15.2 Å². The summed E-state index contributed by atoms with van der Waals surface area (Å²) < 4.78 is 17.5. The van der Waals surface area contributed by atoms with E-state index in [1.807, 2.05) is 23.1 Å². The summed E-state index contributed by atoms with van der Waals surface area (Å²) in [4.78, 5) is 10.4. The molecule has 1 saturated carbocycles. The molecule has 3 aliphatic heterocycles. The summed E-state index contributed by atoms with van der Waals surface area (Å²) >= 11 is 0. The number of aliphatic imine (C=N–C) groups is 1. The minimum absolute atomic E-state index is 0.242. The van der Waals surface area contributed by atoms with Gasteiger partial charge in [0.2, 0.25) is 12.2 Å². The largest absolute Gasteiger partial charge is 0.478 e. The number of ether oxygens (including phenoxy) is 3. The highest BCUT2D eigenvalue weighted by atomic mass is 16.6. The maximum atomic E-state index is 10.7. The number of hydrogen-bond acceptors (Lipinski definition) is 8. The van der Waals surface area contributed by atoms with Crippen molar-refractivity contribution in [2.24, 2.45) is 10.7 Å². The molecule has 4 aliphatic rings. The fraction of sp³-hybridized carbons (Fsp3) is 0.429. The van der Waals surface area contributed by atoms with E-state index in [4.69, 9.17) is 19.9 Å². The van der Waals surface area contributed by atoms with E-state index in [1.54, 1.807) is 12.3 Å². The summed E-state index contributed by atoms with van der Waals surface area (Å²) in [6.45, 7) is 1.24. The van der Waals surface area contributed by atoms with Gasteiger partial charge >= 0.3 is 0 Å². The van der Waals surface area contributed by atoms with Gasteiger partial charge in [-0.05, 0) is 49.1 Å². The van der Waals surface area contributed by atoms with Gasteiger partial charge in [-0.2, -0.15) is 4.99 Å². The second-order valence-electron chi connectivity index (χ2n) is 9.79. The van der Waals surface area contributed by atoms with Crippen molar-refractivity contribution in [3.05, 3.63) is 59.3 Å². The van der Waals surface area contributed by atoms with Gasteiger partial charge in [-0.1, -0.05) is 37.2 Å². The fourth-order valence-electron chi connectivity index (χ4n) is 5.19. The molecule has 0 amide bonds. The molecule has 2 aromatic rings. The molecule has 3 N–H and O–H groups in total. The van der Waals surface area contributed by atoms with Crippen LogP contribution in [0, 0.1) is 11.8 Å². The highest BCUT2D eigenvalue weighted by Crippen LogP contribution is 2.34. The first-order chi connectivity index (χ1) is 17.6. The van der Waals surface area contributed by atoms with E-state index < -0.39 is 6.35 Å². The van der Waals surface area contributed by atoms with Crippen molar-refractivity contribution in [2.75, 3.05) is 19.8 Å². The number of aliphatic hydroxyl groups excluding tert-OH is 1. The first kappa shape index (κ1) is 22.9. The smallest absolute Gasteiger partial charge is 0.257 e. The predicted octanol–water partition coefficient (Wildman–Crippen LogP) is 2.84. The lowest BCUT2D eigenvalue weighted by Gasteiger charge is -2.37. The molecule has 8 heteroatoms. The minimum Gasteiger partial charge on any atom is -0.478 e. The molecule has 1 aromatic heterocycles. The molecule has 0 radical (unpaired) electrons. The third-order valence-electron chi connectivity index (χ3n) is 7.15. The quantitative estimate of drug-likeness (QED) is 0.630. The van der Waals surface area contributed by atoms with Gasteiger partial charge in [0.05, 0.1) is 11.2 Å². The molecule has 186 valence electrons. The number of fused-ring (bicyclic) bond motifs is 4. The van der Waals surface area contributed by atoms with Crippen molar-refractivity contribution in [2.45, 2.75) is 56.5 Å². The Morgan fingerprint density at radius 2 is 2.11 bits per heavy atom. The van der Waals surface area contributed by atoms with Crippen LogP contribution >= 0.6 is 0 Å². The number of benzene rings is 1. The monoisotopic (exact) mass is 486 g/mol. The van der Waals surface area contributed by atoms with Crippen LogP contribution in [0.4, 0.5) is 0 Å². The van der Waals surface area contributed by atoms with Crippen LogP contribution in [0.1, 0.15) is 48.8 Å². The van der Waals surface area contributed by atoms with Gasteiger partial charge in [-0.25, -0.2) is 4.98 Å². The zero-order chi connectivity index (χ0) is 24.5. The summed E-state index contributed by atoms with van der Waals surface area (Å²) in [5, 5.41) is 10.7. The maximum Gasteiger partial charge on any atom is 0.257 e. The topological polar surface area (TPSA) is 102 Å². The van der Waals surface area contributed by atoms with E-state index in [-0.39, 0.29) is 18.2 Å². The summed E-state index contributed by atoms with van der Waals surface area (Å²) in [7, 11) is 0. The Kier molecular flexibility index (Phi) is 6.04. The number of pyridine rings is 1. The molecular weight excluding hydrogens is 456 g/mol. The van der Waals surface area contributed by atoms with Gasteiger partial charge in [0, 0.05) is 29.9 Å². The van der Waals surface area contributed by atoms with Gasteiger partial charge < -0.3 is 30.0 Å². The van der Waals surface area contributed by atoms with Crippen LogP contribution in [-0.2, 0) is 11.2 Å². The predicted molar refractivity (Wildman–Crippen MR) is 135 cm³/mol. The third-order valence-corrected chi connectivity index (χ3v) is 7.15. The molecule has 1 fully saturated rings. The first-order valence-corrected chi connectivity index (χ1v) is 12.6. The van der Waals surface area contributed by atoms with Crippen molar-refractivity contribution in [1.82, 2.24) is 9.88 Å². The molecule has 36 heavy (non-hydrogen) atoms. The van der Waals surface area contributed by atoms with Gasteiger partial charge in [-0.15, -0.1) is 0 Å². The van der Waals surface area contributed by atoms with E-state index in [2.05, 4.69) is 33.9 Å². The molecule has 0 spiro atoms. The number of aliphatic hydroxyl groups is 1. The van der Waals surface area contributed by atoms with E-state index in [9.17, 15) is 5.11 Å². The number of nitrogens with two attached hydrogens (primary N) is 1. The van der Waals surface area contributed by atoms with Crippen molar-refractivity contribution in [3.8, 4) is 23.5 Å². The lowest BCUT2D eigenvalue weighted by molar-refractivity contribution is 0.0348. The minimum atomic E-state index is -0.996. The highest BCUT2D eigenvalue weighted by Gasteiger charge is 2.31. The summed E-state index contributed by atoms with van der Waals surface area (Å²) in [5.74, 6) is 8.11. The van der Waals surface area contributed by atoms with Crippen molar-refractivity contribution < 1.29 is 19.3 Å². The summed E-state index contributed by atoms with van der Waals surface area (Å²) in [6.07, 6.45) is 8.54. The molecule has 8 nitrogen and oxygen atoms in total. The lowest BCUT2D eigenvalue weighted by atomic mass is 9.83. The highest BCUT2D eigenvalue weighted by molar-refractivity contribution is 5.97. The van der Waals surface area contributed by atoms with Crippen LogP contribution in [0.15, 0.2) is 47.6 Å².